The Labute approximate surface area is 120 Å². The van der Waals surface area contributed by atoms with E-state index in [4.69, 9.17) is 5.11 Å². The van der Waals surface area contributed by atoms with Crippen molar-refractivity contribution >= 4 is 23.4 Å². The van der Waals surface area contributed by atoms with Gasteiger partial charge in [-0.1, -0.05) is 17.8 Å². The molecule has 0 radical (unpaired) electrons. The van der Waals surface area contributed by atoms with E-state index in [0.29, 0.717) is 16.1 Å². The average Bonchev–Trinajstić information content (AvgIpc) is 2.42. The highest BCUT2D eigenvalue weighted by Crippen LogP contribution is 2.31. The van der Waals surface area contributed by atoms with Crippen molar-refractivity contribution in [2.75, 3.05) is 5.32 Å². The number of anilines is 1. The number of nitrogens with one attached hydrogen (secondary N) is 1. The van der Waals surface area contributed by atoms with E-state index >= 15 is 0 Å². The van der Waals surface area contributed by atoms with E-state index in [1.807, 2.05) is 12.1 Å². The highest BCUT2D eigenvalue weighted by molar-refractivity contribution is 7.99. The smallest absolute Gasteiger partial charge is 0.221 e. The van der Waals surface area contributed by atoms with Gasteiger partial charge in [0.25, 0.3) is 0 Å². The van der Waals surface area contributed by atoms with Crippen LogP contribution >= 0.6 is 11.8 Å². The molecule has 0 bridgehead atoms. The van der Waals surface area contributed by atoms with Gasteiger partial charge in [0, 0.05) is 22.4 Å². The van der Waals surface area contributed by atoms with Crippen LogP contribution in [-0.4, -0.2) is 11.0 Å². The fraction of sp³-hybridized carbons (Fsp3) is 0.133. The summed E-state index contributed by atoms with van der Waals surface area (Å²) in [6.07, 6.45) is 0. The Kier molecular flexibility index (Phi) is 4.76. The van der Waals surface area contributed by atoms with E-state index in [0.717, 1.165) is 4.90 Å². The molecule has 0 spiro atoms. The third kappa shape index (κ3) is 3.82. The first-order chi connectivity index (χ1) is 9.58. The first-order valence-corrected chi connectivity index (χ1v) is 6.85. The molecule has 0 aliphatic rings. The molecule has 0 aromatic heterocycles. The predicted molar refractivity (Wildman–Crippen MR) is 77.2 cm³/mol. The van der Waals surface area contributed by atoms with Crippen LogP contribution in [0.25, 0.3) is 0 Å². The summed E-state index contributed by atoms with van der Waals surface area (Å²) in [6.45, 7) is 1.27. The maximum absolute atomic E-state index is 13.8. The molecule has 104 valence electrons. The molecule has 3 nitrogen and oxygen atoms in total. The van der Waals surface area contributed by atoms with Crippen molar-refractivity contribution in [3.63, 3.8) is 0 Å². The van der Waals surface area contributed by atoms with Crippen molar-refractivity contribution in [2.45, 2.75) is 23.3 Å². The van der Waals surface area contributed by atoms with Crippen LogP contribution < -0.4 is 5.32 Å². The lowest BCUT2D eigenvalue weighted by molar-refractivity contribution is -0.114. The fourth-order valence-electron chi connectivity index (χ4n) is 1.66. The maximum atomic E-state index is 13.8. The van der Waals surface area contributed by atoms with E-state index < -0.39 is 0 Å². The lowest BCUT2D eigenvalue weighted by Crippen LogP contribution is -2.05. The van der Waals surface area contributed by atoms with Crippen LogP contribution in [0.1, 0.15) is 12.5 Å². The number of rotatable bonds is 4. The highest BCUT2D eigenvalue weighted by Gasteiger charge is 2.06. The Bertz CT molecular complexity index is 614. The third-order valence-corrected chi connectivity index (χ3v) is 3.64. The van der Waals surface area contributed by atoms with Gasteiger partial charge in [-0.15, -0.1) is 0 Å². The summed E-state index contributed by atoms with van der Waals surface area (Å²) in [5.41, 5.74) is 1.26. The number of halogens is 1. The predicted octanol–water partition coefficient (Wildman–Crippen LogP) is 3.43. The van der Waals surface area contributed by atoms with Gasteiger partial charge in [0.2, 0.25) is 5.91 Å². The highest BCUT2D eigenvalue weighted by atomic mass is 32.2. The number of hydrogen-bond donors (Lipinski definition) is 2. The van der Waals surface area contributed by atoms with Crippen LogP contribution in [0.4, 0.5) is 10.1 Å². The van der Waals surface area contributed by atoms with Gasteiger partial charge in [-0.3, -0.25) is 4.79 Å². The molecule has 0 aliphatic heterocycles. The standard InChI is InChI=1S/C15H14FNO2S/c1-10(19)17-12-3-5-13(6-4-12)20-15-7-2-11(9-18)8-14(15)16/h2-8,18H,9H2,1H3,(H,17,19). The minimum absolute atomic E-state index is 0.129. The first kappa shape index (κ1) is 14.6. The number of aliphatic hydroxyl groups is 1. The summed E-state index contributed by atoms with van der Waals surface area (Å²) in [5, 5.41) is 11.6. The molecule has 0 saturated carbocycles. The van der Waals surface area contributed by atoms with E-state index in [1.165, 1.54) is 24.8 Å². The summed E-state index contributed by atoms with van der Waals surface area (Å²) >= 11 is 1.29. The Balaban J connectivity index is 2.12. The van der Waals surface area contributed by atoms with E-state index in [2.05, 4.69) is 5.32 Å². The molecule has 2 aromatic carbocycles. The van der Waals surface area contributed by atoms with Crippen molar-refractivity contribution in [3.8, 4) is 0 Å². The molecule has 5 heteroatoms. The van der Waals surface area contributed by atoms with Crippen molar-refractivity contribution in [2.24, 2.45) is 0 Å². The molecule has 1 amide bonds. The molecule has 2 aromatic rings. The van der Waals surface area contributed by atoms with Gasteiger partial charge < -0.3 is 10.4 Å². The fourth-order valence-corrected chi connectivity index (χ4v) is 2.48. The largest absolute Gasteiger partial charge is 0.392 e. The van der Waals surface area contributed by atoms with Crippen molar-refractivity contribution < 1.29 is 14.3 Å². The van der Waals surface area contributed by atoms with Crippen molar-refractivity contribution in [3.05, 3.63) is 53.8 Å². The molecule has 0 fully saturated rings. The van der Waals surface area contributed by atoms with Crippen LogP contribution in [0, 0.1) is 5.82 Å². The third-order valence-electron chi connectivity index (χ3n) is 2.58. The molecule has 0 saturated heterocycles. The normalized spacial score (nSPS) is 10.3. The lowest BCUT2D eigenvalue weighted by Gasteiger charge is -2.06. The minimum atomic E-state index is -0.354. The molecular formula is C15H14FNO2S. The van der Waals surface area contributed by atoms with Gasteiger partial charge in [-0.2, -0.15) is 0 Å². The molecular weight excluding hydrogens is 277 g/mol. The molecule has 2 rings (SSSR count). The summed E-state index contributed by atoms with van der Waals surface area (Å²) < 4.78 is 13.8. The van der Waals surface area contributed by atoms with Crippen molar-refractivity contribution in [1.29, 1.82) is 0 Å². The van der Waals surface area contributed by atoms with Gasteiger partial charge in [0.1, 0.15) is 5.82 Å². The first-order valence-electron chi connectivity index (χ1n) is 6.03. The lowest BCUT2D eigenvalue weighted by atomic mass is 10.2. The summed E-state index contributed by atoms with van der Waals surface area (Å²) in [6, 6.07) is 11.8. The van der Waals surface area contributed by atoms with Gasteiger partial charge in [0.15, 0.2) is 0 Å². The van der Waals surface area contributed by atoms with E-state index in [-0.39, 0.29) is 18.3 Å². The molecule has 20 heavy (non-hydrogen) atoms. The van der Waals surface area contributed by atoms with Gasteiger partial charge in [-0.25, -0.2) is 4.39 Å². The second-order valence-corrected chi connectivity index (χ2v) is 5.35. The van der Waals surface area contributed by atoms with Crippen LogP contribution in [0.5, 0.6) is 0 Å². The Hall–Kier alpha value is -1.85. The zero-order chi connectivity index (χ0) is 14.5. The van der Waals surface area contributed by atoms with Crippen LogP contribution in [0.3, 0.4) is 0 Å². The zero-order valence-electron chi connectivity index (χ0n) is 10.9. The quantitative estimate of drug-likeness (QED) is 0.907. The Morgan fingerprint density at radius 1 is 1.25 bits per heavy atom. The number of amides is 1. The number of carbonyl (C=O) groups excluding carboxylic acids is 1. The summed E-state index contributed by atoms with van der Waals surface area (Å²) in [5.74, 6) is -0.483. The summed E-state index contributed by atoms with van der Waals surface area (Å²) in [7, 11) is 0. The van der Waals surface area contributed by atoms with E-state index in [1.54, 1.807) is 24.3 Å². The molecule has 0 unspecified atom stereocenters. The Morgan fingerprint density at radius 2 is 1.95 bits per heavy atom. The van der Waals surface area contributed by atoms with Crippen LogP contribution in [0.15, 0.2) is 52.3 Å². The molecule has 0 heterocycles. The molecule has 0 atom stereocenters. The molecule has 0 aliphatic carbocycles. The number of carbonyl (C=O) groups is 1. The monoisotopic (exact) mass is 291 g/mol. The van der Waals surface area contributed by atoms with Crippen LogP contribution in [0.2, 0.25) is 0 Å². The van der Waals surface area contributed by atoms with Crippen LogP contribution in [-0.2, 0) is 11.4 Å². The SMILES string of the molecule is CC(=O)Nc1ccc(Sc2ccc(CO)cc2F)cc1. The topological polar surface area (TPSA) is 49.3 Å². The Morgan fingerprint density at radius 3 is 2.50 bits per heavy atom. The minimum Gasteiger partial charge on any atom is -0.392 e. The van der Waals surface area contributed by atoms with Gasteiger partial charge >= 0.3 is 0 Å². The number of hydrogen-bond acceptors (Lipinski definition) is 3. The maximum Gasteiger partial charge on any atom is 0.221 e. The zero-order valence-corrected chi connectivity index (χ0v) is 11.7. The second-order valence-electron chi connectivity index (χ2n) is 4.23. The van der Waals surface area contributed by atoms with E-state index in [9.17, 15) is 9.18 Å². The second kappa shape index (κ2) is 6.54. The summed E-state index contributed by atoms with van der Waals surface area (Å²) in [4.78, 5) is 12.3. The number of aliphatic hydroxyl groups excluding tert-OH is 1. The van der Waals surface area contributed by atoms with Gasteiger partial charge in [0.05, 0.1) is 6.61 Å². The number of benzene rings is 2. The molecule has 2 N–H and O–H groups in total. The van der Waals surface area contributed by atoms with Crippen molar-refractivity contribution in [1.82, 2.24) is 0 Å². The average molecular weight is 291 g/mol. The van der Waals surface area contributed by atoms with Gasteiger partial charge in [-0.05, 0) is 42.0 Å².